The van der Waals surface area contributed by atoms with Crippen molar-refractivity contribution in [2.45, 2.75) is 65.1 Å². The Labute approximate surface area is 203 Å². The highest BCUT2D eigenvalue weighted by molar-refractivity contribution is 5.89. The highest BCUT2D eigenvalue weighted by atomic mass is 16.5. The van der Waals surface area contributed by atoms with E-state index in [0.29, 0.717) is 25.8 Å². The van der Waals surface area contributed by atoms with Gasteiger partial charge in [-0.25, -0.2) is 0 Å². The summed E-state index contributed by atoms with van der Waals surface area (Å²) in [5.74, 6) is 0.609. The number of hydrogen-bond acceptors (Lipinski definition) is 3. The maximum absolute atomic E-state index is 13.6. The van der Waals surface area contributed by atoms with E-state index in [0.717, 1.165) is 23.3 Å². The predicted octanol–water partition coefficient (Wildman–Crippen LogP) is 5.50. The van der Waals surface area contributed by atoms with Crippen LogP contribution in [0, 0.1) is 0 Å². The molecule has 0 bridgehead atoms. The summed E-state index contributed by atoms with van der Waals surface area (Å²) >= 11 is 0. The zero-order chi connectivity index (χ0) is 24.5. The van der Waals surface area contributed by atoms with Crippen molar-refractivity contribution in [2.75, 3.05) is 7.11 Å². The lowest BCUT2D eigenvalue weighted by Crippen LogP contribution is -2.50. The summed E-state index contributed by atoms with van der Waals surface area (Å²) in [6.07, 6.45) is 2.35. The number of rotatable bonds is 11. The third kappa shape index (κ3) is 6.37. The average molecular weight is 461 g/mol. The number of benzene rings is 3. The topological polar surface area (TPSA) is 58.6 Å². The number of fused-ring (bicyclic) bond motifs is 1. The zero-order valence-electron chi connectivity index (χ0n) is 20.7. The summed E-state index contributed by atoms with van der Waals surface area (Å²) in [7, 11) is 1.63. The molecule has 0 radical (unpaired) electrons. The largest absolute Gasteiger partial charge is 0.497 e. The van der Waals surface area contributed by atoms with Gasteiger partial charge in [-0.15, -0.1) is 0 Å². The zero-order valence-corrected chi connectivity index (χ0v) is 20.7. The van der Waals surface area contributed by atoms with E-state index in [2.05, 4.69) is 29.6 Å². The quantitative estimate of drug-likeness (QED) is 0.411. The van der Waals surface area contributed by atoms with Gasteiger partial charge in [-0.3, -0.25) is 9.59 Å². The van der Waals surface area contributed by atoms with E-state index < -0.39 is 6.04 Å². The van der Waals surface area contributed by atoms with Crippen molar-refractivity contribution in [1.82, 2.24) is 10.2 Å². The van der Waals surface area contributed by atoms with E-state index >= 15 is 0 Å². The number of aryl methyl sites for hydroxylation is 1. The van der Waals surface area contributed by atoms with Gasteiger partial charge in [0.1, 0.15) is 11.8 Å². The average Bonchev–Trinajstić information content (AvgIpc) is 2.87. The van der Waals surface area contributed by atoms with Crippen LogP contribution in [0.2, 0.25) is 0 Å². The van der Waals surface area contributed by atoms with Crippen molar-refractivity contribution in [3.8, 4) is 5.75 Å². The number of hydrogen-bond donors (Lipinski definition) is 1. The standard InChI is InChI=1S/C29H36N2O3/c1-5-21(3)30-29(33)27(6-2)31(20-22-11-9-15-25(19-22)34-4)28(32)18-17-24-14-10-13-23-12-7-8-16-26(23)24/h7-16,19,21,27H,5-6,17-18,20H2,1-4H3,(H,30,33)/t21-,27-/m0/s1. The minimum absolute atomic E-state index is 0.0260. The molecule has 0 aliphatic rings. The monoisotopic (exact) mass is 460 g/mol. The molecule has 0 heterocycles. The number of carbonyl (C=O) groups is 2. The Morgan fingerprint density at radius 3 is 2.44 bits per heavy atom. The summed E-state index contributed by atoms with van der Waals surface area (Å²) in [5, 5.41) is 5.40. The van der Waals surface area contributed by atoms with Crippen LogP contribution in [0.3, 0.4) is 0 Å². The molecular weight excluding hydrogens is 424 g/mol. The van der Waals surface area contributed by atoms with Crippen LogP contribution in [0.25, 0.3) is 10.8 Å². The summed E-state index contributed by atoms with van der Waals surface area (Å²) < 4.78 is 5.36. The van der Waals surface area contributed by atoms with Gasteiger partial charge in [0.05, 0.1) is 7.11 Å². The molecule has 0 aromatic heterocycles. The van der Waals surface area contributed by atoms with Crippen LogP contribution in [-0.4, -0.2) is 35.9 Å². The van der Waals surface area contributed by atoms with Gasteiger partial charge in [-0.1, -0.05) is 68.4 Å². The van der Waals surface area contributed by atoms with Gasteiger partial charge in [0.25, 0.3) is 0 Å². The molecule has 0 fully saturated rings. The van der Waals surface area contributed by atoms with E-state index in [1.54, 1.807) is 12.0 Å². The van der Waals surface area contributed by atoms with Crippen LogP contribution >= 0.6 is 0 Å². The van der Waals surface area contributed by atoms with E-state index in [4.69, 9.17) is 4.74 Å². The van der Waals surface area contributed by atoms with E-state index in [-0.39, 0.29) is 17.9 Å². The molecule has 3 rings (SSSR count). The molecule has 3 aromatic rings. The minimum Gasteiger partial charge on any atom is -0.497 e. The van der Waals surface area contributed by atoms with Gasteiger partial charge in [0.2, 0.25) is 11.8 Å². The Hall–Kier alpha value is -3.34. The van der Waals surface area contributed by atoms with Crippen LogP contribution in [0.4, 0.5) is 0 Å². The van der Waals surface area contributed by atoms with Crippen LogP contribution < -0.4 is 10.1 Å². The SMILES string of the molecule is CC[C@H](C)NC(=O)[C@H](CC)N(Cc1cccc(OC)c1)C(=O)CCc1cccc2ccccc12. The second-order valence-electron chi connectivity index (χ2n) is 8.75. The van der Waals surface area contributed by atoms with Gasteiger partial charge in [-0.2, -0.15) is 0 Å². The Kier molecular flexibility index (Phi) is 9.08. The van der Waals surface area contributed by atoms with Crippen molar-refractivity contribution in [2.24, 2.45) is 0 Å². The maximum atomic E-state index is 13.6. The minimum atomic E-state index is -0.528. The first-order chi connectivity index (χ1) is 16.5. The smallest absolute Gasteiger partial charge is 0.243 e. The molecule has 0 aliphatic carbocycles. The van der Waals surface area contributed by atoms with Gasteiger partial charge in [0.15, 0.2) is 0 Å². The first-order valence-electron chi connectivity index (χ1n) is 12.2. The van der Waals surface area contributed by atoms with Crippen LogP contribution in [0.1, 0.15) is 51.2 Å². The van der Waals surface area contributed by atoms with Crippen LogP contribution in [-0.2, 0) is 22.6 Å². The fraction of sp³-hybridized carbons (Fsp3) is 0.379. The van der Waals surface area contributed by atoms with Gasteiger partial charge < -0.3 is 15.0 Å². The first-order valence-corrected chi connectivity index (χ1v) is 12.2. The Morgan fingerprint density at radius 1 is 0.971 bits per heavy atom. The Bertz CT molecular complexity index is 1110. The molecule has 180 valence electrons. The molecule has 5 nitrogen and oxygen atoms in total. The Balaban J connectivity index is 1.84. The van der Waals surface area contributed by atoms with Gasteiger partial charge in [0, 0.05) is 19.0 Å². The fourth-order valence-electron chi connectivity index (χ4n) is 4.22. The number of methoxy groups -OCH3 is 1. The van der Waals surface area contributed by atoms with E-state index in [1.165, 1.54) is 10.8 Å². The highest BCUT2D eigenvalue weighted by Crippen LogP contribution is 2.22. The molecule has 3 aromatic carbocycles. The normalized spacial score (nSPS) is 12.7. The lowest BCUT2D eigenvalue weighted by Gasteiger charge is -2.31. The van der Waals surface area contributed by atoms with Crippen LogP contribution in [0.5, 0.6) is 5.75 Å². The summed E-state index contributed by atoms with van der Waals surface area (Å²) in [4.78, 5) is 28.4. The molecule has 0 unspecified atom stereocenters. The number of nitrogens with one attached hydrogen (secondary N) is 1. The second kappa shape index (κ2) is 12.2. The molecule has 34 heavy (non-hydrogen) atoms. The summed E-state index contributed by atoms with van der Waals surface area (Å²) in [6, 6.07) is 21.6. The molecular formula is C29H36N2O3. The van der Waals surface area contributed by atoms with Crippen molar-refractivity contribution in [3.63, 3.8) is 0 Å². The van der Waals surface area contributed by atoms with Gasteiger partial charge in [-0.05, 0) is 60.2 Å². The summed E-state index contributed by atoms with van der Waals surface area (Å²) in [5.41, 5.74) is 2.08. The predicted molar refractivity (Wildman–Crippen MR) is 138 cm³/mol. The van der Waals surface area contributed by atoms with E-state index in [9.17, 15) is 9.59 Å². The van der Waals surface area contributed by atoms with Crippen molar-refractivity contribution in [3.05, 3.63) is 77.9 Å². The number of carbonyl (C=O) groups excluding carboxylic acids is 2. The van der Waals surface area contributed by atoms with Crippen molar-refractivity contribution in [1.29, 1.82) is 0 Å². The Morgan fingerprint density at radius 2 is 1.71 bits per heavy atom. The highest BCUT2D eigenvalue weighted by Gasteiger charge is 2.29. The molecule has 2 atom stereocenters. The lowest BCUT2D eigenvalue weighted by molar-refractivity contribution is -0.141. The molecule has 2 amide bonds. The van der Waals surface area contributed by atoms with E-state index in [1.807, 2.05) is 63.2 Å². The fourth-order valence-corrected chi connectivity index (χ4v) is 4.22. The number of ether oxygens (including phenoxy) is 1. The lowest BCUT2D eigenvalue weighted by atomic mass is 10.00. The number of amides is 2. The molecule has 1 N–H and O–H groups in total. The third-order valence-corrected chi connectivity index (χ3v) is 6.36. The third-order valence-electron chi connectivity index (χ3n) is 6.36. The molecule has 5 heteroatoms. The van der Waals surface area contributed by atoms with Gasteiger partial charge >= 0.3 is 0 Å². The molecule has 0 saturated carbocycles. The van der Waals surface area contributed by atoms with Crippen molar-refractivity contribution >= 4 is 22.6 Å². The number of nitrogens with zero attached hydrogens (tertiary/aromatic N) is 1. The molecule has 0 spiro atoms. The maximum Gasteiger partial charge on any atom is 0.243 e. The first kappa shape index (κ1) is 25.3. The summed E-state index contributed by atoms with van der Waals surface area (Å²) in [6.45, 7) is 6.34. The second-order valence-corrected chi connectivity index (χ2v) is 8.75. The van der Waals surface area contributed by atoms with Crippen LogP contribution in [0.15, 0.2) is 66.7 Å². The molecule has 0 saturated heterocycles. The molecule has 0 aliphatic heterocycles. The van der Waals surface area contributed by atoms with Crippen molar-refractivity contribution < 1.29 is 14.3 Å².